The summed E-state index contributed by atoms with van der Waals surface area (Å²) >= 11 is 0. The highest BCUT2D eigenvalue weighted by molar-refractivity contribution is 5.96. The highest BCUT2D eigenvalue weighted by Crippen LogP contribution is 2.65. The van der Waals surface area contributed by atoms with E-state index in [1.807, 2.05) is 36.5 Å². The number of esters is 5. The van der Waals surface area contributed by atoms with Crippen molar-refractivity contribution in [2.75, 3.05) is 6.61 Å². The molecule has 3 aliphatic carbocycles. The molecule has 2 N–H and O–H groups in total. The Morgan fingerprint density at radius 3 is 1.46 bits per heavy atom. The van der Waals surface area contributed by atoms with Gasteiger partial charge in [0, 0.05) is 38.0 Å². The molecule has 104 heavy (non-hydrogen) atoms. The Morgan fingerprint density at radius 2 is 1.04 bits per heavy atom. The van der Waals surface area contributed by atoms with E-state index in [-0.39, 0.29) is 55.4 Å². The van der Waals surface area contributed by atoms with Crippen molar-refractivity contribution in [2.24, 2.45) is 22.7 Å². The lowest BCUT2D eigenvalue weighted by Gasteiger charge is -2.67. The molecule has 1 heterocycles. The molecular weight excluding hydrogens is 1310 g/mol. The molecule has 1 amide bonds. The molecule has 1 aliphatic heterocycles. The first-order valence-corrected chi connectivity index (χ1v) is 37.3. The van der Waals surface area contributed by atoms with E-state index in [1.165, 1.54) is 26.0 Å². The summed E-state index contributed by atoms with van der Waals surface area (Å²) in [7, 11) is 0. The Hall–Kier alpha value is -8.73. The third kappa shape index (κ3) is 24.2. The molecule has 2 saturated carbocycles. The van der Waals surface area contributed by atoms with Crippen molar-refractivity contribution in [1.82, 2.24) is 5.32 Å². The van der Waals surface area contributed by atoms with Gasteiger partial charge in [0.1, 0.15) is 35.6 Å². The van der Waals surface area contributed by atoms with Crippen molar-refractivity contribution in [1.29, 1.82) is 0 Å². The van der Waals surface area contributed by atoms with Gasteiger partial charge in [-0.2, -0.15) is 0 Å². The molecule has 16 nitrogen and oxygen atoms in total. The van der Waals surface area contributed by atoms with Crippen LogP contribution < -0.4 is 5.32 Å². The van der Waals surface area contributed by atoms with Crippen LogP contribution in [0.25, 0.3) is 0 Å². The molecule has 11 atom stereocenters. The second kappa shape index (κ2) is 42.3. The summed E-state index contributed by atoms with van der Waals surface area (Å²) in [6.45, 7) is 18.3. The fourth-order valence-corrected chi connectivity index (χ4v) is 14.1. The fraction of sp³-hybridized carbons (Fsp3) is 0.489. The third-order valence-corrected chi connectivity index (χ3v) is 19.6. The molecule has 2 aromatic rings. The van der Waals surface area contributed by atoms with Crippen LogP contribution in [-0.2, 0) is 57.1 Å². The Kier molecular flexibility index (Phi) is 34.2. The van der Waals surface area contributed by atoms with Crippen molar-refractivity contribution < 1.29 is 71.8 Å². The SMILES string of the molecule is CC/C=C\C/C=C\C/C=C\C/C=C\C/C=C\C/C=C\CCC(=O)OC1C(=O)C2(C)C(OC(=O)CC/C=C\C/C=C\C/C=C\C/C=C\C/C=C\C/C=C\CC)CC3OCC3(OC(C)=O)C2C(OC(=O)c2ccccc2)C2(O)CC(OC(=O)C(C)C(NC(=O)OC(C)(C)C)c3ccccc3)C(C)=C1C2(C)C. The highest BCUT2D eigenvalue weighted by atomic mass is 16.6. The first-order chi connectivity index (χ1) is 49.9. The summed E-state index contributed by atoms with van der Waals surface area (Å²) in [6.07, 6.45) is 51.4. The number of carbonyl (C=O) groups excluding carboxylic acids is 7. The number of alkyl carbamates (subject to hydrolysis) is 1. The standard InChI is InChI=1S/C88H115NO15/c1-12-14-16-18-20-22-24-26-28-30-32-34-36-38-40-42-44-46-54-60-73(91)100-71-62-72-87(64-98-72,103-67(5)90)78-80(102-82(95)69-58-52-49-53-59-69)88(97)63-70(99-81(94)66(4)76(68-56-50-48-51-57-68)89-83(96)104-84(6,7)8)65(3)75(85(88,9)10)77(79(93)86(71,78)11)101-74(92)61-55-47-45-43-41-39-37-35-33-31-29-27-25-23-21-19-17-15-13-2/h14-17,20-23,26-29,32-35,38-41,44-53,56-59,66,70-72,76-78,80,97H,12-13,18-19,24-25,30-31,36-37,42-43,54-55,60-64H2,1-11H3,(H,89,96)/b16-14-,17-15-,22-20-,23-21-,28-26-,29-27-,34-32-,35-33-,40-38-,41-39-,46-44-,47-45-. The number of ether oxygens (including phenoxy) is 7. The second-order valence-corrected chi connectivity index (χ2v) is 28.8. The fourth-order valence-electron chi connectivity index (χ4n) is 14.1. The molecule has 1 saturated heterocycles. The number of amides is 1. The van der Waals surface area contributed by atoms with Crippen LogP contribution in [0.15, 0.2) is 218 Å². The van der Waals surface area contributed by atoms with Gasteiger partial charge in [0.05, 0.1) is 35.5 Å². The Balaban J connectivity index is 1.35. The molecule has 2 bridgehead atoms. The number of hydrogen-bond donors (Lipinski definition) is 2. The van der Waals surface area contributed by atoms with E-state index in [0.29, 0.717) is 18.4 Å². The Labute approximate surface area is 619 Å². The van der Waals surface area contributed by atoms with Crippen LogP contribution in [0.4, 0.5) is 4.79 Å². The van der Waals surface area contributed by atoms with Gasteiger partial charge >= 0.3 is 35.9 Å². The minimum atomic E-state index is -2.44. The van der Waals surface area contributed by atoms with Gasteiger partial charge in [-0.15, -0.1) is 0 Å². The zero-order valence-corrected chi connectivity index (χ0v) is 63.3. The van der Waals surface area contributed by atoms with Gasteiger partial charge in [-0.3, -0.25) is 24.0 Å². The number of hydrogen-bond acceptors (Lipinski definition) is 15. The third-order valence-electron chi connectivity index (χ3n) is 19.6. The molecule has 3 fully saturated rings. The first-order valence-electron chi connectivity index (χ1n) is 37.3. The minimum Gasteiger partial charge on any atom is -0.461 e. The predicted molar refractivity (Wildman–Crippen MR) is 409 cm³/mol. The smallest absolute Gasteiger partial charge is 0.408 e. The van der Waals surface area contributed by atoms with E-state index in [0.717, 1.165) is 64.2 Å². The number of aliphatic hydroxyl groups is 1. The van der Waals surface area contributed by atoms with Crippen LogP contribution in [0, 0.1) is 22.7 Å². The quantitative estimate of drug-likeness (QED) is 0.0363. The van der Waals surface area contributed by atoms with E-state index < -0.39 is 124 Å². The maximum absolute atomic E-state index is 17.0. The summed E-state index contributed by atoms with van der Waals surface area (Å²) in [5.41, 5.74) is -8.13. The van der Waals surface area contributed by atoms with Gasteiger partial charge in [0.25, 0.3) is 0 Å². The number of Topliss-reactive ketones (excluding diaryl/α,β-unsaturated/α-hetero) is 1. The van der Waals surface area contributed by atoms with Crippen LogP contribution >= 0.6 is 0 Å². The second-order valence-electron chi connectivity index (χ2n) is 28.8. The minimum absolute atomic E-state index is 0.0483. The van der Waals surface area contributed by atoms with Crippen LogP contribution in [0.3, 0.4) is 0 Å². The van der Waals surface area contributed by atoms with E-state index in [9.17, 15) is 24.3 Å². The van der Waals surface area contributed by atoms with E-state index >= 15 is 14.4 Å². The largest absolute Gasteiger partial charge is 0.461 e. The lowest BCUT2D eigenvalue weighted by Crippen LogP contribution is -2.82. The molecule has 11 unspecified atom stereocenters. The van der Waals surface area contributed by atoms with E-state index in [4.69, 9.17) is 33.2 Å². The van der Waals surface area contributed by atoms with Crippen LogP contribution in [-0.4, -0.2) is 101 Å². The zero-order valence-electron chi connectivity index (χ0n) is 63.3. The maximum atomic E-state index is 17.0. The van der Waals surface area contributed by atoms with E-state index in [2.05, 4.69) is 129 Å². The van der Waals surface area contributed by atoms with Crippen LogP contribution in [0.5, 0.6) is 0 Å². The molecular formula is C88H115NO15. The normalized spacial score (nSPS) is 24.9. The average Bonchev–Trinajstić information content (AvgIpc) is 0.668. The van der Waals surface area contributed by atoms with Crippen molar-refractivity contribution in [3.05, 3.63) is 229 Å². The highest BCUT2D eigenvalue weighted by Gasteiger charge is 2.79. The number of allylic oxidation sites excluding steroid dienone is 24. The molecule has 2 aromatic carbocycles. The van der Waals surface area contributed by atoms with Gasteiger partial charge in [0.15, 0.2) is 17.5 Å². The number of benzene rings is 2. The van der Waals surface area contributed by atoms with Gasteiger partial charge in [-0.25, -0.2) is 9.59 Å². The van der Waals surface area contributed by atoms with E-state index in [1.54, 1.807) is 97.0 Å². The number of nitrogens with one attached hydrogen (secondary N) is 1. The topological polar surface area (TPSA) is 216 Å². The molecule has 16 heteroatoms. The number of fused-ring (bicyclic) bond motifs is 5. The predicted octanol–water partition coefficient (Wildman–Crippen LogP) is 18.6. The molecule has 4 aliphatic rings. The first kappa shape index (κ1) is 84.2. The monoisotopic (exact) mass is 1430 g/mol. The lowest BCUT2D eigenvalue weighted by molar-refractivity contribution is -0.346. The molecule has 0 radical (unpaired) electrons. The van der Waals surface area contributed by atoms with Crippen molar-refractivity contribution in [3.63, 3.8) is 0 Å². The van der Waals surface area contributed by atoms with Gasteiger partial charge in [0.2, 0.25) is 0 Å². The molecule has 6 rings (SSSR count). The zero-order chi connectivity index (χ0) is 75.6. The van der Waals surface area contributed by atoms with Gasteiger partial charge in [-0.05, 0) is 160 Å². The van der Waals surface area contributed by atoms with Crippen molar-refractivity contribution in [2.45, 2.75) is 245 Å². The lowest BCUT2D eigenvalue weighted by atomic mass is 9.44. The number of carbonyl (C=O) groups is 7. The number of rotatable bonds is 38. The van der Waals surface area contributed by atoms with Crippen LogP contribution in [0.2, 0.25) is 0 Å². The molecule has 0 aromatic heterocycles. The van der Waals surface area contributed by atoms with Gasteiger partial charge < -0.3 is 43.6 Å². The summed E-state index contributed by atoms with van der Waals surface area (Å²) < 4.78 is 44.8. The maximum Gasteiger partial charge on any atom is 0.408 e. The summed E-state index contributed by atoms with van der Waals surface area (Å²) in [4.78, 5) is 104. The van der Waals surface area contributed by atoms with Crippen molar-refractivity contribution in [3.8, 4) is 0 Å². The molecule has 562 valence electrons. The molecule has 0 spiro atoms. The average molecular weight is 1430 g/mol. The van der Waals surface area contributed by atoms with Crippen LogP contribution in [0.1, 0.15) is 214 Å². The summed E-state index contributed by atoms with van der Waals surface area (Å²) in [6, 6.07) is 15.8. The number of ketones is 1. The Morgan fingerprint density at radius 1 is 0.606 bits per heavy atom. The Bertz CT molecular complexity index is 3550. The van der Waals surface area contributed by atoms with Crippen molar-refractivity contribution >= 4 is 41.7 Å². The summed E-state index contributed by atoms with van der Waals surface area (Å²) in [5, 5.41) is 17.4. The van der Waals surface area contributed by atoms with Gasteiger partial charge in [-0.1, -0.05) is 222 Å². The summed E-state index contributed by atoms with van der Waals surface area (Å²) in [5.74, 6) is -7.59.